The number of alkyl halides is 1. The van der Waals surface area contributed by atoms with Gasteiger partial charge < -0.3 is 4.74 Å². The number of hydrogen-bond donors (Lipinski definition) is 0. The molecular formula is C17H15BrN2O. The number of halogens is 1. The van der Waals surface area contributed by atoms with Crippen molar-refractivity contribution in [1.29, 1.82) is 0 Å². The van der Waals surface area contributed by atoms with Crippen LogP contribution in [0, 0.1) is 0 Å². The van der Waals surface area contributed by atoms with Crippen molar-refractivity contribution in [3.8, 4) is 22.7 Å². The van der Waals surface area contributed by atoms with Gasteiger partial charge in [0.25, 0.3) is 0 Å². The van der Waals surface area contributed by atoms with Crippen LogP contribution in [-0.4, -0.2) is 16.9 Å². The van der Waals surface area contributed by atoms with Crippen molar-refractivity contribution in [2.45, 2.75) is 5.33 Å². The molecular weight excluding hydrogens is 328 g/mol. The Bertz CT molecular complexity index is 720. The highest BCUT2D eigenvalue weighted by Crippen LogP contribution is 2.24. The van der Waals surface area contributed by atoms with E-state index < -0.39 is 0 Å². The number of para-hydroxylation sites is 1. The van der Waals surface area contributed by atoms with Crippen LogP contribution in [-0.2, 0) is 5.33 Å². The molecule has 0 unspecified atom stereocenters. The summed E-state index contributed by atoms with van der Waals surface area (Å²) in [4.78, 5) is 0. The van der Waals surface area contributed by atoms with E-state index in [1.165, 1.54) is 0 Å². The van der Waals surface area contributed by atoms with Crippen molar-refractivity contribution in [3.63, 3.8) is 0 Å². The topological polar surface area (TPSA) is 27.1 Å². The zero-order valence-electron chi connectivity index (χ0n) is 11.7. The summed E-state index contributed by atoms with van der Waals surface area (Å²) in [6.07, 6.45) is 0. The fourth-order valence-electron chi connectivity index (χ4n) is 2.21. The third-order valence-corrected chi connectivity index (χ3v) is 3.88. The maximum atomic E-state index is 5.19. The molecule has 3 aromatic rings. The van der Waals surface area contributed by atoms with Crippen molar-refractivity contribution in [2.75, 3.05) is 7.11 Å². The highest BCUT2D eigenvalue weighted by molar-refractivity contribution is 9.08. The summed E-state index contributed by atoms with van der Waals surface area (Å²) in [5.74, 6) is 0.849. The van der Waals surface area contributed by atoms with Crippen molar-refractivity contribution in [3.05, 3.63) is 66.4 Å². The zero-order chi connectivity index (χ0) is 14.7. The Morgan fingerprint density at radius 1 is 1.05 bits per heavy atom. The highest BCUT2D eigenvalue weighted by Gasteiger charge is 2.10. The van der Waals surface area contributed by atoms with Gasteiger partial charge in [0.15, 0.2) is 0 Å². The number of aromatic nitrogens is 2. The lowest BCUT2D eigenvalue weighted by molar-refractivity contribution is 0.415. The standard InChI is InChI=1S/C17H15BrN2O/c1-21-16-9-7-13(8-10-16)17-11-15(12-18)20(19-17)14-5-3-2-4-6-14/h2-11H,12H2,1H3. The normalized spacial score (nSPS) is 10.6. The lowest BCUT2D eigenvalue weighted by atomic mass is 10.1. The second-order valence-corrected chi connectivity index (χ2v) is 5.19. The van der Waals surface area contributed by atoms with Gasteiger partial charge in [-0.25, -0.2) is 4.68 Å². The van der Waals surface area contributed by atoms with Gasteiger partial charge in [0.2, 0.25) is 0 Å². The van der Waals surface area contributed by atoms with Crippen LogP contribution in [0.4, 0.5) is 0 Å². The van der Waals surface area contributed by atoms with Gasteiger partial charge in [0, 0.05) is 10.9 Å². The van der Waals surface area contributed by atoms with Gasteiger partial charge in [-0.15, -0.1) is 0 Å². The number of hydrogen-bond acceptors (Lipinski definition) is 2. The largest absolute Gasteiger partial charge is 0.497 e. The number of ether oxygens (including phenoxy) is 1. The fourth-order valence-corrected chi connectivity index (χ4v) is 2.61. The van der Waals surface area contributed by atoms with Gasteiger partial charge >= 0.3 is 0 Å². The Balaban J connectivity index is 2.02. The number of nitrogens with zero attached hydrogens (tertiary/aromatic N) is 2. The SMILES string of the molecule is COc1ccc(-c2cc(CBr)n(-c3ccccc3)n2)cc1. The Morgan fingerprint density at radius 2 is 1.76 bits per heavy atom. The van der Waals surface area contributed by atoms with Crippen LogP contribution in [0.5, 0.6) is 5.75 Å². The second kappa shape index (κ2) is 6.14. The summed E-state index contributed by atoms with van der Waals surface area (Å²) in [6.45, 7) is 0. The van der Waals surface area contributed by atoms with E-state index in [1.807, 2.05) is 47.1 Å². The molecule has 3 rings (SSSR count). The molecule has 0 aliphatic rings. The molecule has 0 saturated heterocycles. The molecule has 1 aromatic heterocycles. The molecule has 106 valence electrons. The smallest absolute Gasteiger partial charge is 0.118 e. The molecule has 0 N–H and O–H groups in total. The van der Waals surface area contributed by atoms with E-state index in [1.54, 1.807) is 7.11 Å². The van der Waals surface area contributed by atoms with Crippen molar-refractivity contribution in [2.24, 2.45) is 0 Å². The first-order valence-corrected chi connectivity index (χ1v) is 7.78. The number of rotatable bonds is 4. The quantitative estimate of drug-likeness (QED) is 0.655. The fraction of sp³-hybridized carbons (Fsp3) is 0.118. The molecule has 1 heterocycles. The van der Waals surface area contributed by atoms with E-state index in [2.05, 4.69) is 34.1 Å². The monoisotopic (exact) mass is 342 g/mol. The summed E-state index contributed by atoms with van der Waals surface area (Å²) in [5.41, 5.74) is 4.21. The van der Waals surface area contributed by atoms with Crippen molar-refractivity contribution in [1.82, 2.24) is 9.78 Å². The minimum Gasteiger partial charge on any atom is -0.497 e. The Morgan fingerprint density at radius 3 is 2.38 bits per heavy atom. The summed E-state index contributed by atoms with van der Waals surface area (Å²) < 4.78 is 7.16. The minimum atomic E-state index is 0.755. The van der Waals surface area contributed by atoms with Gasteiger partial charge in [-0.2, -0.15) is 5.10 Å². The van der Waals surface area contributed by atoms with E-state index in [9.17, 15) is 0 Å². The average molecular weight is 343 g/mol. The van der Waals surface area contributed by atoms with Crippen LogP contribution >= 0.6 is 15.9 Å². The molecule has 0 atom stereocenters. The maximum absolute atomic E-state index is 5.19. The molecule has 0 saturated carbocycles. The first-order valence-electron chi connectivity index (χ1n) is 6.66. The van der Waals surface area contributed by atoms with Crippen LogP contribution in [0.1, 0.15) is 5.69 Å². The van der Waals surface area contributed by atoms with Crippen LogP contribution in [0.25, 0.3) is 16.9 Å². The Hall–Kier alpha value is -2.07. The van der Waals surface area contributed by atoms with E-state index in [4.69, 9.17) is 9.84 Å². The summed E-state index contributed by atoms with van der Waals surface area (Å²) >= 11 is 3.53. The third-order valence-electron chi connectivity index (χ3n) is 3.31. The van der Waals surface area contributed by atoms with Crippen LogP contribution in [0.3, 0.4) is 0 Å². The van der Waals surface area contributed by atoms with E-state index in [-0.39, 0.29) is 0 Å². The Kier molecular flexibility index (Phi) is 4.06. The van der Waals surface area contributed by atoms with Crippen LogP contribution in [0.15, 0.2) is 60.7 Å². The molecule has 4 heteroatoms. The summed E-state index contributed by atoms with van der Waals surface area (Å²) in [7, 11) is 1.67. The maximum Gasteiger partial charge on any atom is 0.118 e. The van der Waals surface area contributed by atoms with Crippen LogP contribution in [0.2, 0.25) is 0 Å². The lowest BCUT2D eigenvalue weighted by Crippen LogP contribution is -1.99. The van der Waals surface area contributed by atoms with Gasteiger partial charge in [-0.3, -0.25) is 0 Å². The summed E-state index contributed by atoms with van der Waals surface area (Å²) in [6, 6.07) is 20.2. The molecule has 0 aliphatic carbocycles. The van der Waals surface area contributed by atoms with E-state index in [0.29, 0.717) is 0 Å². The molecule has 21 heavy (non-hydrogen) atoms. The molecule has 3 nitrogen and oxygen atoms in total. The van der Waals surface area contributed by atoms with Crippen molar-refractivity contribution < 1.29 is 4.74 Å². The molecule has 0 spiro atoms. The highest BCUT2D eigenvalue weighted by atomic mass is 79.9. The first-order chi connectivity index (χ1) is 10.3. The molecule has 0 fully saturated rings. The number of benzene rings is 2. The molecule has 0 radical (unpaired) electrons. The number of methoxy groups -OCH3 is 1. The predicted molar refractivity (Wildman–Crippen MR) is 88.2 cm³/mol. The summed E-state index contributed by atoms with van der Waals surface area (Å²) in [5, 5.41) is 5.48. The molecule has 2 aromatic carbocycles. The van der Waals surface area contributed by atoms with Crippen LogP contribution < -0.4 is 4.74 Å². The zero-order valence-corrected chi connectivity index (χ0v) is 13.2. The van der Waals surface area contributed by atoms with E-state index >= 15 is 0 Å². The minimum absolute atomic E-state index is 0.755. The lowest BCUT2D eigenvalue weighted by Gasteiger charge is -2.04. The average Bonchev–Trinajstić information content (AvgIpc) is 3.00. The predicted octanol–water partition coefficient (Wildman–Crippen LogP) is 4.44. The molecule has 0 aliphatic heterocycles. The Labute approximate surface area is 132 Å². The van der Waals surface area contributed by atoms with Crippen molar-refractivity contribution >= 4 is 15.9 Å². The van der Waals surface area contributed by atoms with Gasteiger partial charge in [-0.05, 0) is 42.5 Å². The molecule has 0 bridgehead atoms. The van der Waals surface area contributed by atoms with Gasteiger partial charge in [0.05, 0.1) is 24.2 Å². The third kappa shape index (κ3) is 2.85. The second-order valence-electron chi connectivity index (χ2n) is 4.63. The van der Waals surface area contributed by atoms with Gasteiger partial charge in [-0.1, -0.05) is 34.1 Å². The van der Waals surface area contributed by atoms with Gasteiger partial charge in [0.1, 0.15) is 5.75 Å². The van der Waals surface area contributed by atoms with E-state index in [0.717, 1.165) is 33.7 Å². The molecule has 0 amide bonds. The first kappa shape index (κ1) is 13.9.